The van der Waals surface area contributed by atoms with Gasteiger partial charge in [0.1, 0.15) is 0 Å². The Morgan fingerprint density at radius 3 is 2.67 bits per heavy atom. The molecular weight excluding hydrogens is 240 g/mol. The monoisotopic (exact) mass is 260 g/mol. The van der Waals surface area contributed by atoms with Crippen LogP contribution in [-0.4, -0.2) is 9.55 Å². The molecule has 0 aliphatic heterocycles. The van der Waals surface area contributed by atoms with Crippen molar-refractivity contribution in [2.45, 2.75) is 51.5 Å². The molecule has 96 valence electrons. The van der Waals surface area contributed by atoms with Gasteiger partial charge in [0.25, 0.3) is 0 Å². The minimum atomic E-state index is 0.196. The highest BCUT2D eigenvalue weighted by molar-refractivity contribution is 7.71. The summed E-state index contributed by atoms with van der Waals surface area (Å²) in [6.07, 6.45) is 6.47. The summed E-state index contributed by atoms with van der Waals surface area (Å²) < 4.78 is 3.24. The van der Waals surface area contributed by atoms with Crippen LogP contribution in [0, 0.1) is 11.7 Å². The minimum Gasteiger partial charge on any atom is -0.331 e. The molecule has 3 heteroatoms. The molecule has 2 nitrogen and oxygen atoms in total. The third-order valence-corrected chi connectivity index (χ3v) is 4.59. The van der Waals surface area contributed by atoms with Crippen molar-refractivity contribution in [1.82, 2.24) is 9.55 Å². The van der Waals surface area contributed by atoms with Gasteiger partial charge in [-0.05, 0) is 56.6 Å². The molecule has 18 heavy (non-hydrogen) atoms. The van der Waals surface area contributed by atoms with Crippen LogP contribution < -0.4 is 0 Å². The Labute approximate surface area is 113 Å². The van der Waals surface area contributed by atoms with Crippen molar-refractivity contribution in [2.24, 2.45) is 0 Å². The highest BCUT2D eigenvalue weighted by atomic mass is 32.1. The van der Waals surface area contributed by atoms with Crippen molar-refractivity contribution in [3.63, 3.8) is 0 Å². The fourth-order valence-corrected chi connectivity index (χ4v) is 3.71. The van der Waals surface area contributed by atoms with Crippen LogP contribution >= 0.6 is 12.2 Å². The fourth-order valence-electron chi connectivity index (χ4n) is 3.29. The van der Waals surface area contributed by atoms with Gasteiger partial charge in [0.15, 0.2) is 4.77 Å². The Morgan fingerprint density at radius 2 is 1.94 bits per heavy atom. The van der Waals surface area contributed by atoms with Gasteiger partial charge in [-0.15, -0.1) is 0 Å². The quantitative estimate of drug-likeness (QED) is 0.738. The van der Waals surface area contributed by atoms with E-state index in [9.17, 15) is 0 Å². The smallest absolute Gasteiger partial charge is 0.178 e. The maximum absolute atomic E-state index is 5.56. The Morgan fingerprint density at radius 1 is 1.22 bits per heavy atom. The second-order valence-electron chi connectivity index (χ2n) is 5.84. The van der Waals surface area contributed by atoms with Gasteiger partial charge < -0.3 is 9.55 Å². The lowest BCUT2D eigenvalue weighted by Gasteiger charge is -2.35. The fraction of sp³-hybridized carbons (Fsp3) is 0.533. The molecule has 1 aromatic heterocycles. The number of nitrogens with one attached hydrogen (secondary N) is 1. The lowest BCUT2D eigenvalue weighted by molar-refractivity contribution is 0.222. The molecule has 3 rings (SSSR count). The lowest BCUT2D eigenvalue weighted by Crippen LogP contribution is -2.32. The summed E-state index contributed by atoms with van der Waals surface area (Å²) in [5, 5.41) is 0. The number of fused-ring (bicyclic) bond motifs is 1. The summed E-state index contributed by atoms with van der Waals surface area (Å²) in [5.41, 5.74) is 3.92. The maximum Gasteiger partial charge on any atom is 0.178 e. The molecule has 1 aromatic carbocycles. The van der Waals surface area contributed by atoms with Crippen LogP contribution in [-0.2, 0) is 5.54 Å². The predicted molar refractivity (Wildman–Crippen MR) is 78.6 cm³/mol. The van der Waals surface area contributed by atoms with Crippen LogP contribution in [0.25, 0.3) is 11.0 Å². The van der Waals surface area contributed by atoms with Gasteiger partial charge in [-0.25, -0.2) is 0 Å². The molecule has 1 N–H and O–H groups in total. The summed E-state index contributed by atoms with van der Waals surface area (Å²) in [7, 11) is 0. The minimum absolute atomic E-state index is 0.196. The molecule has 1 saturated carbocycles. The topological polar surface area (TPSA) is 20.7 Å². The van der Waals surface area contributed by atoms with Crippen LogP contribution in [0.5, 0.6) is 0 Å². The van der Waals surface area contributed by atoms with Crippen LogP contribution in [0.2, 0.25) is 0 Å². The zero-order chi connectivity index (χ0) is 12.8. The van der Waals surface area contributed by atoms with Gasteiger partial charge in [0.05, 0.1) is 11.0 Å². The van der Waals surface area contributed by atoms with Crippen molar-refractivity contribution >= 4 is 23.3 Å². The SMILES string of the molecule is Cc1ccc2[nH]c(=S)n(C3(C)CCCCC3)c2c1. The van der Waals surface area contributed by atoms with Crippen molar-refractivity contribution in [1.29, 1.82) is 0 Å². The number of aryl methyl sites for hydroxylation is 1. The van der Waals surface area contributed by atoms with Gasteiger partial charge in [-0.2, -0.15) is 0 Å². The van der Waals surface area contributed by atoms with Crippen LogP contribution in [0.3, 0.4) is 0 Å². The predicted octanol–water partition coefficient (Wildman–Crippen LogP) is 4.69. The van der Waals surface area contributed by atoms with Gasteiger partial charge in [0.2, 0.25) is 0 Å². The van der Waals surface area contributed by atoms with E-state index < -0.39 is 0 Å². The van der Waals surface area contributed by atoms with Gasteiger partial charge in [-0.3, -0.25) is 0 Å². The van der Waals surface area contributed by atoms with E-state index in [0.29, 0.717) is 0 Å². The molecule has 0 unspecified atom stereocenters. The molecule has 0 radical (unpaired) electrons. The average Bonchev–Trinajstić information content (AvgIpc) is 2.66. The Bertz CT molecular complexity index is 629. The van der Waals surface area contributed by atoms with Crippen LogP contribution in [0.15, 0.2) is 18.2 Å². The van der Waals surface area contributed by atoms with Gasteiger partial charge in [0, 0.05) is 5.54 Å². The van der Waals surface area contributed by atoms with E-state index in [4.69, 9.17) is 12.2 Å². The summed E-state index contributed by atoms with van der Waals surface area (Å²) in [5.74, 6) is 0. The molecule has 1 fully saturated rings. The van der Waals surface area contributed by atoms with E-state index in [1.54, 1.807) is 0 Å². The molecule has 0 spiro atoms. The van der Waals surface area contributed by atoms with Crippen molar-refractivity contribution < 1.29 is 0 Å². The number of nitrogens with zero attached hydrogens (tertiary/aromatic N) is 1. The third kappa shape index (κ3) is 1.81. The highest BCUT2D eigenvalue weighted by Crippen LogP contribution is 2.37. The third-order valence-electron chi connectivity index (χ3n) is 4.31. The number of aromatic amines is 1. The molecule has 0 bridgehead atoms. The molecule has 2 aromatic rings. The second-order valence-corrected chi connectivity index (χ2v) is 6.23. The Kier molecular flexibility index (Phi) is 2.81. The highest BCUT2D eigenvalue weighted by Gasteiger charge is 2.30. The molecule has 1 aliphatic rings. The number of hydrogen-bond acceptors (Lipinski definition) is 1. The van der Waals surface area contributed by atoms with Crippen LogP contribution in [0.4, 0.5) is 0 Å². The largest absolute Gasteiger partial charge is 0.331 e. The average molecular weight is 260 g/mol. The Balaban J connectivity index is 2.24. The van der Waals surface area contributed by atoms with Crippen molar-refractivity contribution in [2.75, 3.05) is 0 Å². The number of benzene rings is 1. The first kappa shape index (κ1) is 12.0. The number of H-pyrrole nitrogens is 1. The number of rotatable bonds is 1. The first-order chi connectivity index (χ1) is 8.60. The first-order valence-electron chi connectivity index (χ1n) is 6.82. The summed E-state index contributed by atoms with van der Waals surface area (Å²) in [6.45, 7) is 4.50. The Hall–Kier alpha value is -1.09. The first-order valence-corrected chi connectivity index (χ1v) is 7.23. The lowest BCUT2D eigenvalue weighted by atomic mass is 9.83. The summed E-state index contributed by atoms with van der Waals surface area (Å²) in [4.78, 5) is 3.35. The van der Waals surface area contributed by atoms with Gasteiger partial charge >= 0.3 is 0 Å². The zero-order valence-electron chi connectivity index (χ0n) is 11.1. The van der Waals surface area contributed by atoms with E-state index in [-0.39, 0.29) is 5.54 Å². The molecule has 0 saturated heterocycles. The number of aromatic nitrogens is 2. The maximum atomic E-state index is 5.56. The van der Waals surface area contributed by atoms with E-state index in [1.165, 1.54) is 43.2 Å². The zero-order valence-corrected chi connectivity index (χ0v) is 11.9. The van der Waals surface area contributed by atoms with Crippen molar-refractivity contribution in [3.8, 4) is 0 Å². The normalized spacial score (nSPS) is 19.2. The van der Waals surface area contributed by atoms with E-state index in [2.05, 4.69) is 41.6 Å². The summed E-state index contributed by atoms with van der Waals surface area (Å²) >= 11 is 5.56. The molecule has 0 atom stereocenters. The number of imidazole rings is 1. The molecular formula is C15H20N2S. The summed E-state index contributed by atoms with van der Waals surface area (Å²) in [6, 6.07) is 6.53. The standard InChI is InChI=1S/C15H20N2S/c1-11-6-7-12-13(10-11)17(14(18)16-12)15(2)8-4-3-5-9-15/h6-7,10H,3-5,8-9H2,1-2H3,(H,16,18). The van der Waals surface area contributed by atoms with Gasteiger partial charge in [-0.1, -0.05) is 25.3 Å². The van der Waals surface area contributed by atoms with E-state index >= 15 is 0 Å². The van der Waals surface area contributed by atoms with Crippen molar-refractivity contribution in [3.05, 3.63) is 28.5 Å². The van der Waals surface area contributed by atoms with Crippen LogP contribution in [0.1, 0.15) is 44.6 Å². The second kappa shape index (κ2) is 4.23. The van der Waals surface area contributed by atoms with E-state index in [1.807, 2.05) is 0 Å². The molecule has 1 aliphatic carbocycles. The molecule has 1 heterocycles. The molecule has 0 amide bonds. The number of hydrogen-bond donors (Lipinski definition) is 1. The van der Waals surface area contributed by atoms with E-state index in [0.717, 1.165) is 10.3 Å².